The second-order valence-corrected chi connectivity index (χ2v) is 5.07. The Balaban J connectivity index is 1.97. The summed E-state index contributed by atoms with van der Waals surface area (Å²) >= 11 is 6.04. The number of esters is 1. The van der Waals surface area contributed by atoms with Gasteiger partial charge in [-0.15, -0.1) is 0 Å². The first-order chi connectivity index (χ1) is 11.0. The molecule has 0 N–H and O–H groups in total. The fraction of sp³-hybridized carbons (Fsp3) is 0. The van der Waals surface area contributed by atoms with Crippen molar-refractivity contribution in [3.05, 3.63) is 80.5 Å². The van der Waals surface area contributed by atoms with Gasteiger partial charge in [-0.2, -0.15) is 0 Å². The zero-order valence-electron chi connectivity index (χ0n) is 11.6. The number of hydrogen-bond acceptors (Lipinski definition) is 5. The van der Waals surface area contributed by atoms with Crippen molar-refractivity contribution in [2.45, 2.75) is 0 Å². The van der Waals surface area contributed by atoms with Crippen LogP contribution in [0.1, 0.15) is 11.1 Å². The maximum Gasteiger partial charge on any atom is 0.363 e. The number of cyclic esters (lactones) is 1. The van der Waals surface area contributed by atoms with Crippen LogP contribution in [0.4, 0.5) is 5.69 Å². The van der Waals surface area contributed by atoms with Crippen molar-refractivity contribution in [3.8, 4) is 0 Å². The van der Waals surface area contributed by atoms with Gasteiger partial charge in [-0.1, -0.05) is 35.9 Å². The molecule has 0 radical (unpaired) electrons. The van der Waals surface area contributed by atoms with Crippen LogP contribution < -0.4 is 0 Å². The van der Waals surface area contributed by atoms with Crippen LogP contribution in [0.3, 0.4) is 0 Å². The highest BCUT2D eigenvalue weighted by atomic mass is 35.5. The monoisotopic (exact) mass is 328 g/mol. The fourth-order valence-electron chi connectivity index (χ4n) is 2.02. The van der Waals surface area contributed by atoms with Crippen molar-refractivity contribution in [1.82, 2.24) is 0 Å². The first-order valence-electron chi connectivity index (χ1n) is 6.56. The Morgan fingerprint density at radius 2 is 1.96 bits per heavy atom. The lowest BCUT2D eigenvalue weighted by atomic mass is 10.2. The number of nitrogens with zero attached hydrogens (tertiary/aromatic N) is 2. The SMILES string of the molecule is O=C1OC(c2cccc([N+](=O)[O-])c2)=NC1=Cc1ccccc1Cl. The molecule has 0 aliphatic carbocycles. The molecule has 0 aromatic heterocycles. The summed E-state index contributed by atoms with van der Waals surface area (Å²) in [5.41, 5.74) is 0.963. The van der Waals surface area contributed by atoms with Crippen molar-refractivity contribution >= 4 is 35.2 Å². The second kappa shape index (κ2) is 6.02. The molecule has 23 heavy (non-hydrogen) atoms. The fourth-order valence-corrected chi connectivity index (χ4v) is 2.21. The molecular weight excluding hydrogens is 320 g/mol. The molecule has 2 aromatic rings. The Morgan fingerprint density at radius 3 is 2.70 bits per heavy atom. The first kappa shape index (κ1) is 14.9. The van der Waals surface area contributed by atoms with E-state index in [-0.39, 0.29) is 17.3 Å². The van der Waals surface area contributed by atoms with Gasteiger partial charge in [0.15, 0.2) is 5.70 Å². The van der Waals surface area contributed by atoms with Gasteiger partial charge in [0, 0.05) is 22.7 Å². The Kier molecular flexibility index (Phi) is 3.91. The minimum Gasteiger partial charge on any atom is -0.402 e. The number of non-ortho nitro benzene ring substituents is 1. The van der Waals surface area contributed by atoms with E-state index < -0.39 is 10.9 Å². The van der Waals surface area contributed by atoms with Crippen molar-refractivity contribution in [2.75, 3.05) is 0 Å². The topological polar surface area (TPSA) is 81.8 Å². The number of benzene rings is 2. The molecule has 7 heteroatoms. The van der Waals surface area contributed by atoms with Crippen molar-refractivity contribution < 1.29 is 14.5 Å². The summed E-state index contributed by atoms with van der Waals surface area (Å²) in [5, 5.41) is 11.3. The average Bonchev–Trinajstić information content (AvgIpc) is 2.91. The zero-order valence-corrected chi connectivity index (χ0v) is 12.4. The second-order valence-electron chi connectivity index (χ2n) is 4.67. The quantitative estimate of drug-likeness (QED) is 0.373. The van der Waals surface area contributed by atoms with Gasteiger partial charge in [-0.05, 0) is 23.8 Å². The van der Waals surface area contributed by atoms with Gasteiger partial charge in [0.05, 0.1) is 4.92 Å². The van der Waals surface area contributed by atoms with Crippen molar-refractivity contribution in [2.24, 2.45) is 4.99 Å². The Labute approximate surface area is 135 Å². The number of nitro benzene ring substituents is 1. The summed E-state index contributed by atoms with van der Waals surface area (Å²) in [6, 6.07) is 12.7. The van der Waals surface area contributed by atoms with E-state index in [9.17, 15) is 14.9 Å². The smallest absolute Gasteiger partial charge is 0.363 e. The molecule has 0 fully saturated rings. The maximum absolute atomic E-state index is 11.9. The van der Waals surface area contributed by atoms with Crippen LogP contribution in [0.2, 0.25) is 5.02 Å². The van der Waals surface area contributed by atoms with Gasteiger partial charge in [-0.25, -0.2) is 9.79 Å². The number of hydrogen-bond donors (Lipinski definition) is 0. The van der Waals surface area contributed by atoms with Crippen LogP contribution in [-0.2, 0) is 9.53 Å². The molecule has 0 bridgehead atoms. The Morgan fingerprint density at radius 1 is 1.17 bits per heavy atom. The predicted molar refractivity (Wildman–Crippen MR) is 85.2 cm³/mol. The minimum absolute atomic E-state index is 0.0250. The third kappa shape index (κ3) is 3.12. The highest BCUT2D eigenvalue weighted by Crippen LogP contribution is 2.24. The van der Waals surface area contributed by atoms with E-state index in [4.69, 9.17) is 16.3 Å². The molecule has 1 heterocycles. The summed E-state index contributed by atoms with van der Waals surface area (Å²) in [6.07, 6.45) is 1.51. The number of carbonyl (C=O) groups excluding carboxylic acids is 1. The molecule has 2 aromatic carbocycles. The number of nitro groups is 1. The Bertz CT molecular complexity index is 874. The highest BCUT2D eigenvalue weighted by Gasteiger charge is 2.25. The standard InChI is InChI=1S/C16H9ClN2O4/c17-13-7-2-1-4-10(13)9-14-16(20)23-15(18-14)11-5-3-6-12(8-11)19(21)22/h1-9H. The van der Waals surface area contributed by atoms with E-state index >= 15 is 0 Å². The molecule has 3 rings (SSSR count). The summed E-state index contributed by atoms with van der Waals surface area (Å²) in [6.45, 7) is 0. The van der Waals surface area contributed by atoms with Crippen LogP contribution in [-0.4, -0.2) is 16.8 Å². The van der Waals surface area contributed by atoms with Crippen LogP contribution in [0, 0.1) is 10.1 Å². The van der Waals surface area contributed by atoms with Gasteiger partial charge in [-0.3, -0.25) is 10.1 Å². The number of rotatable bonds is 3. The number of carbonyl (C=O) groups is 1. The molecule has 0 atom stereocenters. The number of halogens is 1. The summed E-state index contributed by atoms with van der Waals surface area (Å²) in [5.74, 6) is -0.608. The third-order valence-electron chi connectivity index (χ3n) is 3.12. The number of ether oxygens (including phenoxy) is 1. The first-order valence-corrected chi connectivity index (χ1v) is 6.94. The molecule has 0 saturated carbocycles. The Hall–Kier alpha value is -2.99. The highest BCUT2D eigenvalue weighted by molar-refractivity contribution is 6.32. The predicted octanol–water partition coefficient (Wildman–Crippen LogP) is 3.59. The van der Waals surface area contributed by atoms with E-state index in [0.717, 1.165) is 0 Å². The lowest BCUT2D eigenvalue weighted by molar-refractivity contribution is -0.384. The molecule has 0 saturated heterocycles. The minimum atomic E-state index is -0.633. The molecule has 1 aliphatic rings. The third-order valence-corrected chi connectivity index (χ3v) is 3.47. The number of aliphatic imine (C=N–C) groups is 1. The van der Waals surface area contributed by atoms with Gasteiger partial charge in [0.2, 0.25) is 5.90 Å². The van der Waals surface area contributed by atoms with Crippen LogP contribution in [0.25, 0.3) is 6.08 Å². The van der Waals surface area contributed by atoms with E-state index in [1.807, 2.05) is 0 Å². The van der Waals surface area contributed by atoms with E-state index in [2.05, 4.69) is 4.99 Å². The van der Waals surface area contributed by atoms with Crippen molar-refractivity contribution in [1.29, 1.82) is 0 Å². The molecule has 0 amide bonds. The molecule has 1 aliphatic heterocycles. The van der Waals surface area contributed by atoms with Gasteiger partial charge < -0.3 is 4.74 Å². The van der Waals surface area contributed by atoms with Crippen LogP contribution in [0.15, 0.2) is 59.2 Å². The summed E-state index contributed by atoms with van der Waals surface area (Å²) < 4.78 is 5.08. The summed E-state index contributed by atoms with van der Waals surface area (Å²) in [7, 11) is 0. The normalized spacial score (nSPS) is 15.4. The van der Waals surface area contributed by atoms with Gasteiger partial charge >= 0.3 is 5.97 Å². The van der Waals surface area contributed by atoms with E-state index in [1.54, 1.807) is 30.3 Å². The van der Waals surface area contributed by atoms with E-state index in [1.165, 1.54) is 24.3 Å². The summed E-state index contributed by atoms with van der Waals surface area (Å²) in [4.78, 5) is 26.3. The molecule has 114 valence electrons. The van der Waals surface area contributed by atoms with Crippen molar-refractivity contribution in [3.63, 3.8) is 0 Å². The molecule has 0 unspecified atom stereocenters. The van der Waals surface area contributed by atoms with E-state index in [0.29, 0.717) is 16.1 Å². The van der Waals surface area contributed by atoms with Gasteiger partial charge in [0.25, 0.3) is 5.69 Å². The van der Waals surface area contributed by atoms with Crippen LogP contribution in [0.5, 0.6) is 0 Å². The van der Waals surface area contributed by atoms with Crippen LogP contribution >= 0.6 is 11.6 Å². The largest absolute Gasteiger partial charge is 0.402 e. The molecular formula is C16H9ClN2O4. The lowest BCUT2D eigenvalue weighted by Crippen LogP contribution is -2.05. The lowest BCUT2D eigenvalue weighted by Gasteiger charge is -1.98. The van der Waals surface area contributed by atoms with Gasteiger partial charge in [0.1, 0.15) is 0 Å². The maximum atomic E-state index is 11.9. The molecule has 6 nitrogen and oxygen atoms in total. The average molecular weight is 329 g/mol. The zero-order chi connectivity index (χ0) is 16.4. The molecule has 0 spiro atoms.